The molecule has 10 aromatic rings. The van der Waals surface area contributed by atoms with Gasteiger partial charge in [0, 0.05) is 53.7 Å². The van der Waals surface area contributed by atoms with E-state index in [-0.39, 0.29) is 0 Å². The second-order valence-electron chi connectivity index (χ2n) is 13.0. The molecule has 52 heavy (non-hydrogen) atoms. The summed E-state index contributed by atoms with van der Waals surface area (Å²) < 4.78 is 2.57. The fraction of sp³-hybridized carbons (Fsp3) is 0. The van der Waals surface area contributed by atoms with Gasteiger partial charge < -0.3 is 4.90 Å². The SMILES string of the molecule is c1ccc(-c2ccc(N(c3ccccc3)c3ccc(-c4nc(-c5cccc6sc7c8ccccc8ccc7c56)c5ccccc5n4)cc3)cc2)cc1. The Bertz CT molecular complexity index is 2880. The monoisotopic (exact) mass is 681 g/mol. The Balaban J connectivity index is 1.08. The standard InChI is InChI=1S/C48H31N3S/c1-3-12-32(13-4-1)33-22-27-37(28-23-33)51(36-15-5-2-6-16-36)38-29-24-35(25-30-38)48-49-43-20-10-9-18-40(43)46(50-48)41-19-11-21-44-45(41)42-31-26-34-14-7-8-17-39(34)47(42)52-44/h1-31H. The molecule has 0 spiro atoms. The molecule has 0 N–H and O–H groups in total. The van der Waals surface area contributed by atoms with E-state index in [1.54, 1.807) is 0 Å². The number of hydrogen-bond acceptors (Lipinski definition) is 4. The summed E-state index contributed by atoms with van der Waals surface area (Å²) >= 11 is 1.86. The minimum Gasteiger partial charge on any atom is -0.311 e. The van der Waals surface area contributed by atoms with Gasteiger partial charge in [-0.2, -0.15) is 0 Å². The summed E-state index contributed by atoms with van der Waals surface area (Å²) in [4.78, 5) is 12.7. The second-order valence-corrected chi connectivity index (χ2v) is 14.0. The smallest absolute Gasteiger partial charge is 0.160 e. The average Bonchev–Trinajstić information content (AvgIpc) is 3.62. The highest BCUT2D eigenvalue weighted by molar-refractivity contribution is 7.26. The molecule has 244 valence electrons. The molecule has 4 heteroatoms. The molecule has 0 atom stereocenters. The first kappa shape index (κ1) is 30.2. The summed E-state index contributed by atoms with van der Waals surface area (Å²) in [5.41, 5.74) is 9.62. The molecule has 10 rings (SSSR count). The Morgan fingerprint density at radius 2 is 1.02 bits per heavy atom. The van der Waals surface area contributed by atoms with Gasteiger partial charge in [-0.3, -0.25) is 0 Å². The lowest BCUT2D eigenvalue weighted by Gasteiger charge is -2.26. The minimum atomic E-state index is 0.709. The Kier molecular flexibility index (Phi) is 7.33. The number of aromatic nitrogens is 2. The van der Waals surface area contributed by atoms with Crippen LogP contribution in [0.4, 0.5) is 17.1 Å². The average molecular weight is 682 g/mol. The van der Waals surface area contributed by atoms with E-state index in [1.165, 1.54) is 42.1 Å². The number of anilines is 3. The van der Waals surface area contributed by atoms with Crippen LogP contribution in [0.5, 0.6) is 0 Å². The minimum absolute atomic E-state index is 0.709. The van der Waals surface area contributed by atoms with Crippen LogP contribution in [0.2, 0.25) is 0 Å². The van der Waals surface area contributed by atoms with Gasteiger partial charge in [0.25, 0.3) is 0 Å². The molecule has 0 saturated heterocycles. The van der Waals surface area contributed by atoms with E-state index in [4.69, 9.17) is 9.97 Å². The van der Waals surface area contributed by atoms with Gasteiger partial charge in [-0.15, -0.1) is 11.3 Å². The molecule has 0 amide bonds. The Hall–Kier alpha value is -6.62. The molecule has 2 aromatic heterocycles. The molecule has 0 aliphatic rings. The summed E-state index contributed by atoms with van der Waals surface area (Å²) in [6.07, 6.45) is 0. The quantitative estimate of drug-likeness (QED) is 0.175. The maximum atomic E-state index is 5.35. The van der Waals surface area contributed by atoms with Crippen molar-refractivity contribution in [2.45, 2.75) is 0 Å². The van der Waals surface area contributed by atoms with Crippen molar-refractivity contribution in [1.29, 1.82) is 0 Å². The van der Waals surface area contributed by atoms with E-state index in [0.717, 1.165) is 44.8 Å². The van der Waals surface area contributed by atoms with Crippen LogP contribution in [-0.4, -0.2) is 9.97 Å². The zero-order chi connectivity index (χ0) is 34.4. The normalized spacial score (nSPS) is 11.5. The van der Waals surface area contributed by atoms with Gasteiger partial charge in [0.2, 0.25) is 0 Å². The molecule has 0 aliphatic carbocycles. The molecule has 0 saturated carbocycles. The van der Waals surface area contributed by atoms with Gasteiger partial charge in [0.05, 0.1) is 11.2 Å². The van der Waals surface area contributed by atoms with Crippen molar-refractivity contribution < 1.29 is 0 Å². The van der Waals surface area contributed by atoms with Gasteiger partial charge >= 0.3 is 0 Å². The van der Waals surface area contributed by atoms with Gasteiger partial charge in [-0.1, -0.05) is 127 Å². The van der Waals surface area contributed by atoms with Crippen LogP contribution in [0.25, 0.3) is 75.6 Å². The first-order valence-corrected chi connectivity index (χ1v) is 18.3. The zero-order valence-corrected chi connectivity index (χ0v) is 29.0. The Labute approximate surface area is 305 Å². The Morgan fingerprint density at radius 3 is 1.79 bits per heavy atom. The predicted octanol–water partition coefficient (Wildman–Crippen LogP) is 13.6. The third-order valence-electron chi connectivity index (χ3n) is 9.88. The maximum absolute atomic E-state index is 5.35. The lowest BCUT2D eigenvalue weighted by molar-refractivity contribution is 1.23. The van der Waals surface area contributed by atoms with E-state index in [1.807, 2.05) is 11.3 Å². The highest BCUT2D eigenvalue weighted by Gasteiger charge is 2.18. The molecule has 8 aromatic carbocycles. The summed E-state index contributed by atoms with van der Waals surface area (Å²) in [5, 5.41) is 6.11. The third-order valence-corrected chi connectivity index (χ3v) is 11.1. The van der Waals surface area contributed by atoms with Crippen molar-refractivity contribution in [3.8, 4) is 33.8 Å². The molecular formula is C48H31N3S. The summed E-state index contributed by atoms with van der Waals surface area (Å²) in [7, 11) is 0. The Morgan fingerprint density at radius 1 is 0.404 bits per heavy atom. The number of para-hydroxylation sites is 2. The molecule has 3 nitrogen and oxygen atoms in total. The number of thiophene rings is 1. The third kappa shape index (κ3) is 5.20. The lowest BCUT2D eigenvalue weighted by Crippen LogP contribution is -2.09. The first-order chi connectivity index (χ1) is 25.8. The van der Waals surface area contributed by atoms with Crippen LogP contribution < -0.4 is 4.90 Å². The fourth-order valence-electron chi connectivity index (χ4n) is 7.38. The molecular weight excluding hydrogens is 651 g/mol. The number of nitrogens with zero attached hydrogens (tertiary/aromatic N) is 3. The van der Waals surface area contributed by atoms with E-state index < -0.39 is 0 Å². The zero-order valence-electron chi connectivity index (χ0n) is 28.1. The summed E-state index contributed by atoms with van der Waals surface area (Å²) in [6, 6.07) is 66.6. The highest BCUT2D eigenvalue weighted by Crippen LogP contribution is 2.44. The summed E-state index contributed by atoms with van der Waals surface area (Å²) in [6.45, 7) is 0. The van der Waals surface area contributed by atoms with Crippen molar-refractivity contribution in [2.24, 2.45) is 0 Å². The topological polar surface area (TPSA) is 29.0 Å². The number of benzene rings is 8. The van der Waals surface area contributed by atoms with Crippen LogP contribution in [-0.2, 0) is 0 Å². The predicted molar refractivity (Wildman–Crippen MR) is 221 cm³/mol. The van der Waals surface area contributed by atoms with Crippen molar-refractivity contribution in [2.75, 3.05) is 4.90 Å². The van der Waals surface area contributed by atoms with E-state index in [0.29, 0.717) is 5.82 Å². The number of fused-ring (bicyclic) bond motifs is 6. The van der Waals surface area contributed by atoms with Gasteiger partial charge in [-0.25, -0.2) is 9.97 Å². The number of hydrogen-bond donors (Lipinski definition) is 0. The summed E-state index contributed by atoms with van der Waals surface area (Å²) in [5.74, 6) is 0.709. The molecule has 0 fully saturated rings. The van der Waals surface area contributed by atoms with Crippen molar-refractivity contribution in [3.63, 3.8) is 0 Å². The van der Waals surface area contributed by atoms with Crippen LogP contribution in [0.3, 0.4) is 0 Å². The molecule has 0 unspecified atom stereocenters. The van der Waals surface area contributed by atoms with E-state index in [9.17, 15) is 0 Å². The first-order valence-electron chi connectivity index (χ1n) is 17.5. The van der Waals surface area contributed by atoms with Crippen LogP contribution in [0, 0.1) is 0 Å². The van der Waals surface area contributed by atoms with Crippen LogP contribution in [0.1, 0.15) is 0 Å². The van der Waals surface area contributed by atoms with Gasteiger partial charge in [0.15, 0.2) is 5.82 Å². The van der Waals surface area contributed by atoms with Crippen molar-refractivity contribution in [1.82, 2.24) is 9.97 Å². The fourth-order valence-corrected chi connectivity index (χ4v) is 8.64. The molecule has 0 radical (unpaired) electrons. The van der Waals surface area contributed by atoms with Crippen LogP contribution >= 0.6 is 11.3 Å². The van der Waals surface area contributed by atoms with Gasteiger partial charge in [0.1, 0.15) is 0 Å². The maximum Gasteiger partial charge on any atom is 0.160 e. The van der Waals surface area contributed by atoms with E-state index >= 15 is 0 Å². The van der Waals surface area contributed by atoms with Gasteiger partial charge in [-0.05, 0) is 82.6 Å². The molecule has 0 bridgehead atoms. The molecule has 2 heterocycles. The molecule has 0 aliphatic heterocycles. The lowest BCUT2D eigenvalue weighted by atomic mass is 9.99. The largest absolute Gasteiger partial charge is 0.311 e. The van der Waals surface area contributed by atoms with Crippen molar-refractivity contribution in [3.05, 3.63) is 188 Å². The highest BCUT2D eigenvalue weighted by atomic mass is 32.1. The second kappa shape index (κ2) is 12.6. The van der Waals surface area contributed by atoms with E-state index in [2.05, 4.69) is 193 Å². The number of rotatable bonds is 6. The van der Waals surface area contributed by atoms with Crippen LogP contribution in [0.15, 0.2) is 188 Å². The van der Waals surface area contributed by atoms with Crippen molar-refractivity contribution >= 4 is 70.2 Å².